The van der Waals surface area contributed by atoms with Crippen molar-refractivity contribution >= 4 is 27.7 Å². The monoisotopic (exact) mass is 398 g/mol. The van der Waals surface area contributed by atoms with E-state index in [0.29, 0.717) is 17.2 Å². The van der Waals surface area contributed by atoms with Gasteiger partial charge in [-0.1, -0.05) is 50.1 Å². The minimum absolute atomic E-state index is 0.114. The van der Waals surface area contributed by atoms with Gasteiger partial charge in [0.05, 0.1) is 5.41 Å². The fraction of sp³-hybridized carbons (Fsp3) is 0.318. The number of hydrogen-bond acceptors (Lipinski definition) is 3. The molecule has 1 saturated carbocycles. The quantitative estimate of drug-likeness (QED) is 0.757. The first-order valence-corrected chi connectivity index (χ1v) is 11.1. The van der Waals surface area contributed by atoms with Gasteiger partial charge in [-0.15, -0.1) is 0 Å². The Hall–Kier alpha value is -2.60. The molecule has 2 aromatic carbocycles. The molecular weight excluding hydrogens is 372 g/mol. The summed E-state index contributed by atoms with van der Waals surface area (Å²) < 4.78 is 26.9. The van der Waals surface area contributed by atoms with E-state index in [9.17, 15) is 13.2 Å². The van der Waals surface area contributed by atoms with Crippen LogP contribution in [0.5, 0.6) is 0 Å². The Bertz CT molecular complexity index is 922. The molecule has 1 fully saturated rings. The maximum atomic E-state index is 12.5. The Labute approximate surface area is 166 Å². The number of benzene rings is 2. The standard InChI is InChI=1S/C22H26N2O3S/c1-17-7-5-6-10-21(17)23-22(25)19-11-13-20(14-12-19)24-28(26,27)16-15-18-8-3-2-4-9-18/h2-4,8-9,11-17,21,24H,5-7,10H2,1H3,(H,23,25)/b16-15+/t17-,21-/m0/s1. The molecule has 2 aromatic rings. The van der Waals surface area contributed by atoms with E-state index in [4.69, 9.17) is 0 Å². The lowest BCUT2D eigenvalue weighted by molar-refractivity contribution is 0.0910. The van der Waals surface area contributed by atoms with Crippen molar-refractivity contribution in [3.8, 4) is 0 Å². The van der Waals surface area contributed by atoms with Gasteiger partial charge in [-0.05, 0) is 54.7 Å². The molecule has 0 aliphatic heterocycles. The second-order valence-electron chi connectivity index (χ2n) is 7.28. The minimum Gasteiger partial charge on any atom is -0.349 e. The molecule has 148 valence electrons. The molecule has 0 aromatic heterocycles. The third kappa shape index (κ3) is 5.70. The molecule has 0 bridgehead atoms. The number of carbonyl (C=O) groups is 1. The summed E-state index contributed by atoms with van der Waals surface area (Å²) in [6.07, 6.45) is 6.06. The number of carbonyl (C=O) groups excluding carboxylic acids is 1. The van der Waals surface area contributed by atoms with Crippen molar-refractivity contribution in [1.29, 1.82) is 0 Å². The van der Waals surface area contributed by atoms with Crippen LogP contribution in [0, 0.1) is 5.92 Å². The Morgan fingerprint density at radius 1 is 1.00 bits per heavy atom. The van der Waals surface area contributed by atoms with Crippen molar-refractivity contribution in [2.75, 3.05) is 4.72 Å². The van der Waals surface area contributed by atoms with Crippen molar-refractivity contribution in [3.63, 3.8) is 0 Å². The number of hydrogen-bond donors (Lipinski definition) is 2. The molecule has 6 heteroatoms. The Kier molecular flexibility index (Phi) is 6.52. The van der Waals surface area contributed by atoms with Gasteiger partial charge < -0.3 is 5.32 Å². The van der Waals surface area contributed by atoms with Gasteiger partial charge in [0.15, 0.2) is 0 Å². The second kappa shape index (κ2) is 9.06. The maximum Gasteiger partial charge on any atom is 0.255 e. The number of amides is 1. The summed E-state index contributed by atoms with van der Waals surface area (Å²) in [6, 6.07) is 15.9. The van der Waals surface area contributed by atoms with E-state index in [1.807, 2.05) is 30.3 Å². The molecule has 0 radical (unpaired) electrons. The van der Waals surface area contributed by atoms with Crippen molar-refractivity contribution in [2.45, 2.75) is 38.6 Å². The Balaban J connectivity index is 1.60. The zero-order valence-electron chi connectivity index (χ0n) is 16.0. The van der Waals surface area contributed by atoms with Crippen LogP contribution in [0.15, 0.2) is 60.0 Å². The van der Waals surface area contributed by atoms with Gasteiger partial charge in [-0.2, -0.15) is 0 Å². The molecule has 1 aliphatic carbocycles. The molecule has 0 heterocycles. The van der Waals surface area contributed by atoms with Gasteiger partial charge >= 0.3 is 0 Å². The van der Waals surface area contributed by atoms with E-state index < -0.39 is 10.0 Å². The van der Waals surface area contributed by atoms with E-state index in [2.05, 4.69) is 17.0 Å². The molecular formula is C22H26N2O3S. The van der Waals surface area contributed by atoms with E-state index in [-0.39, 0.29) is 11.9 Å². The van der Waals surface area contributed by atoms with Crippen LogP contribution >= 0.6 is 0 Å². The van der Waals surface area contributed by atoms with Crippen LogP contribution in [-0.2, 0) is 10.0 Å². The molecule has 28 heavy (non-hydrogen) atoms. The van der Waals surface area contributed by atoms with Crippen molar-refractivity contribution in [3.05, 3.63) is 71.1 Å². The molecule has 2 atom stereocenters. The van der Waals surface area contributed by atoms with E-state index in [1.54, 1.807) is 24.3 Å². The molecule has 0 unspecified atom stereocenters. The first-order chi connectivity index (χ1) is 13.4. The second-order valence-corrected chi connectivity index (χ2v) is 8.85. The average Bonchev–Trinajstić information content (AvgIpc) is 2.69. The lowest BCUT2D eigenvalue weighted by Crippen LogP contribution is -2.41. The Morgan fingerprint density at radius 2 is 1.68 bits per heavy atom. The van der Waals surface area contributed by atoms with Gasteiger partial charge in [0.2, 0.25) is 0 Å². The van der Waals surface area contributed by atoms with Crippen LogP contribution in [0.1, 0.15) is 48.5 Å². The third-order valence-electron chi connectivity index (χ3n) is 5.07. The fourth-order valence-electron chi connectivity index (χ4n) is 3.40. The van der Waals surface area contributed by atoms with E-state index in [1.165, 1.54) is 12.5 Å². The first-order valence-electron chi connectivity index (χ1n) is 9.60. The summed E-state index contributed by atoms with van der Waals surface area (Å²) in [4.78, 5) is 12.5. The van der Waals surface area contributed by atoms with Gasteiger partial charge in [0.25, 0.3) is 15.9 Å². The zero-order valence-corrected chi connectivity index (χ0v) is 16.8. The van der Waals surface area contributed by atoms with E-state index >= 15 is 0 Å². The lowest BCUT2D eigenvalue weighted by atomic mass is 9.86. The summed E-state index contributed by atoms with van der Waals surface area (Å²) >= 11 is 0. The number of nitrogens with one attached hydrogen (secondary N) is 2. The molecule has 1 aliphatic rings. The lowest BCUT2D eigenvalue weighted by Gasteiger charge is -2.29. The van der Waals surface area contributed by atoms with Crippen molar-refractivity contribution in [1.82, 2.24) is 5.32 Å². The smallest absolute Gasteiger partial charge is 0.255 e. The predicted molar refractivity (Wildman–Crippen MR) is 113 cm³/mol. The van der Waals surface area contributed by atoms with Crippen LogP contribution in [0.2, 0.25) is 0 Å². The summed E-state index contributed by atoms with van der Waals surface area (Å²) in [5.41, 5.74) is 1.75. The highest BCUT2D eigenvalue weighted by molar-refractivity contribution is 7.95. The minimum atomic E-state index is -3.63. The fourth-order valence-corrected chi connectivity index (χ4v) is 4.27. The molecule has 2 N–H and O–H groups in total. The highest BCUT2D eigenvalue weighted by Gasteiger charge is 2.23. The van der Waals surface area contributed by atoms with Crippen LogP contribution in [0.4, 0.5) is 5.69 Å². The SMILES string of the molecule is C[C@H]1CCCC[C@@H]1NC(=O)c1ccc(NS(=O)(=O)/C=C/c2ccccc2)cc1. The topological polar surface area (TPSA) is 75.3 Å². The summed E-state index contributed by atoms with van der Waals surface area (Å²) in [7, 11) is -3.63. The molecule has 0 saturated heterocycles. The van der Waals surface area contributed by atoms with E-state index in [0.717, 1.165) is 30.2 Å². The molecule has 5 nitrogen and oxygen atoms in total. The van der Waals surface area contributed by atoms with Gasteiger partial charge in [0.1, 0.15) is 0 Å². The molecule has 1 amide bonds. The van der Waals surface area contributed by atoms with Crippen LogP contribution < -0.4 is 10.0 Å². The summed E-state index contributed by atoms with van der Waals surface area (Å²) in [5, 5.41) is 4.23. The van der Waals surface area contributed by atoms with Crippen LogP contribution in [0.25, 0.3) is 6.08 Å². The number of rotatable bonds is 6. The predicted octanol–water partition coefficient (Wildman–Crippen LogP) is 4.41. The molecule has 3 rings (SSSR count). The summed E-state index contributed by atoms with van der Waals surface area (Å²) in [6.45, 7) is 2.17. The van der Waals surface area contributed by atoms with Gasteiger partial charge in [0, 0.05) is 17.3 Å². The highest BCUT2D eigenvalue weighted by atomic mass is 32.2. The third-order valence-corrected chi connectivity index (χ3v) is 6.09. The zero-order chi connectivity index (χ0) is 20.0. The van der Waals surface area contributed by atoms with Crippen LogP contribution in [-0.4, -0.2) is 20.4 Å². The molecule has 0 spiro atoms. The number of anilines is 1. The van der Waals surface area contributed by atoms with Crippen molar-refractivity contribution < 1.29 is 13.2 Å². The van der Waals surface area contributed by atoms with Gasteiger partial charge in [-0.25, -0.2) is 8.42 Å². The van der Waals surface area contributed by atoms with Gasteiger partial charge in [-0.3, -0.25) is 9.52 Å². The average molecular weight is 399 g/mol. The van der Waals surface area contributed by atoms with Crippen LogP contribution in [0.3, 0.4) is 0 Å². The van der Waals surface area contributed by atoms with Crippen molar-refractivity contribution in [2.24, 2.45) is 5.92 Å². The Morgan fingerprint density at radius 3 is 2.36 bits per heavy atom. The highest BCUT2D eigenvalue weighted by Crippen LogP contribution is 2.24. The number of sulfonamides is 1. The largest absolute Gasteiger partial charge is 0.349 e. The maximum absolute atomic E-state index is 12.5. The first kappa shape index (κ1) is 20.1. The summed E-state index contributed by atoms with van der Waals surface area (Å²) in [5.74, 6) is 0.373. The normalized spacial score (nSPS) is 20.0.